The van der Waals surface area contributed by atoms with Crippen LogP contribution in [0.15, 0.2) is 30.3 Å². The third-order valence-corrected chi connectivity index (χ3v) is 4.67. The van der Waals surface area contributed by atoms with Gasteiger partial charge in [-0.3, -0.25) is 9.69 Å². The highest BCUT2D eigenvalue weighted by molar-refractivity contribution is 6.01. The Hall–Kier alpha value is -2.45. The number of aliphatic carboxylic acids is 1. The van der Waals surface area contributed by atoms with Crippen LogP contribution in [-0.4, -0.2) is 72.0 Å². The first-order valence-corrected chi connectivity index (χ1v) is 9.52. The Balaban J connectivity index is 2.32. The molecule has 1 N–H and O–H groups in total. The maximum absolute atomic E-state index is 12.8. The highest BCUT2D eigenvalue weighted by Gasteiger charge is 2.56. The van der Waals surface area contributed by atoms with Crippen molar-refractivity contribution in [3.63, 3.8) is 0 Å². The SMILES string of the molecule is COCCO[C@H]1CN(C(=O)OC(C)(C)C)[C@@](CC(=O)c2ccccc2)(C(=O)O)C1. The molecule has 8 heteroatoms. The highest BCUT2D eigenvalue weighted by Crippen LogP contribution is 2.37. The summed E-state index contributed by atoms with van der Waals surface area (Å²) in [6, 6.07) is 8.43. The number of carboxylic acids is 1. The minimum absolute atomic E-state index is 0.0101. The number of nitrogens with zero attached hydrogens (tertiary/aromatic N) is 1. The summed E-state index contributed by atoms with van der Waals surface area (Å²) in [5.74, 6) is -1.62. The third kappa shape index (κ3) is 5.77. The molecular weight excluding hydrogens is 378 g/mol. The van der Waals surface area contributed by atoms with Gasteiger partial charge in [-0.15, -0.1) is 0 Å². The molecule has 0 radical (unpaired) electrons. The average Bonchev–Trinajstić information content (AvgIpc) is 3.01. The second-order valence-corrected chi connectivity index (χ2v) is 8.08. The molecule has 0 saturated carbocycles. The fourth-order valence-electron chi connectivity index (χ4n) is 3.34. The van der Waals surface area contributed by atoms with E-state index in [2.05, 4.69) is 0 Å². The molecule has 1 saturated heterocycles. The maximum atomic E-state index is 12.8. The van der Waals surface area contributed by atoms with E-state index in [1.54, 1.807) is 51.1 Å². The van der Waals surface area contributed by atoms with E-state index in [-0.39, 0.29) is 31.8 Å². The van der Waals surface area contributed by atoms with Gasteiger partial charge in [0.05, 0.1) is 25.9 Å². The van der Waals surface area contributed by atoms with Crippen LogP contribution in [0.3, 0.4) is 0 Å². The fourth-order valence-corrected chi connectivity index (χ4v) is 3.34. The van der Waals surface area contributed by atoms with Crippen molar-refractivity contribution in [2.75, 3.05) is 26.9 Å². The lowest BCUT2D eigenvalue weighted by molar-refractivity contribution is -0.149. The summed E-state index contributed by atoms with van der Waals surface area (Å²) in [6.07, 6.45) is -1.70. The zero-order chi connectivity index (χ0) is 21.7. The quantitative estimate of drug-likeness (QED) is 0.522. The molecule has 1 fully saturated rings. The molecule has 0 spiro atoms. The van der Waals surface area contributed by atoms with Crippen LogP contribution in [0.2, 0.25) is 0 Å². The number of carbonyl (C=O) groups excluding carboxylic acids is 2. The zero-order valence-electron chi connectivity index (χ0n) is 17.3. The molecule has 1 aliphatic heterocycles. The standard InChI is InChI=1S/C21H29NO7/c1-20(2,3)29-19(26)22-14-16(28-11-10-27-4)12-21(22,18(24)25)13-17(23)15-8-6-5-7-9-15/h5-9,16H,10-14H2,1-4H3,(H,24,25)/t16-,21+/m1/s1. The first kappa shape index (κ1) is 22.8. The molecule has 0 aromatic heterocycles. The van der Waals surface area contributed by atoms with Crippen molar-refractivity contribution in [3.8, 4) is 0 Å². The van der Waals surface area contributed by atoms with Gasteiger partial charge < -0.3 is 19.3 Å². The summed E-state index contributed by atoms with van der Waals surface area (Å²) < 4.78 is 16.1. The van der Waals surface area contributed by atoms with E-state index >= 15 is 0 Å². The van der Waals surface area contributed by atoms with E-state index in [0.29, 0.717) is 12.2 Å². The van der Waals surface area contributed by atoms with Crippen LogP contribution in [0.5, 0.6) is 0 Å². The predicted molar refractivity (Wildman–Crippen MR) is 105 cm³/mol. The van der Waals surface area contributed by atoms with E-state index in [9.17, 15) is 19.5 Å². The van der Waals surface area contributed by atoms with E-state index < -0.39 is 29.3 Å². The minimum atomic E-state index is -1.74. The summed E-state index contributed by atoms with van der Waals surface area (Å²) in [5.41, 5.74) is -2.16. The van der Waals surface area contributed by atoms with Crippen molar-refractivity contribution in [1.29, 1.82) is 0 Å². The zero-order valence-corrected chi connectivity index (χ0v) is 17.3. The first-order valence-electron chi connectivity index (χ1n) is 9.52. The number of carboxylic acid groups (broad SMARTS) is 1. The van der Waals surface area contributed by atoms with Crippen LogP contribution in [0.1, 0.15) is 44.0 Å². The van der Waals surface area contributed by atoms with Gasteiger partial charge in [0.2, 0.25) is 0 Å². The summed E-state index contributed by atoms with van der Waals surface area (Å²) in [5, 5.41) is 10.1. The van der Waals surface area contributed by atoms with Gasteiger partial charge in [0, 0.05) is 25.5 Å². The van der Waals surface area contributed by atoms with Gasteiger partial charge in [-0.2, -0.15) is 0 Å². The number of hydrogen-bond donors (Lipinski definition) is 1. The molecular formula is C21H29NO7. The number of ketones is 1. The van der Waals surface area contributed by atoms with Crippen molar-refractivity contribution in [3.05, 3.63) is 35.9 Å². The minimum Gasteiger partial charge on any atom is -0.479 e. The molecule has 1 heterocycles. The first-order chi connectivity index (χ1) is 13.6. The second kappa shape index (κ2) is 9.37. The van der Waals surface area contributed by atoms with Gasteiger partial charge in [0.25, 0.3) is 0 Å². The molecule has 160 valence electrons. The number of amides is 1. The number of benzene rings is 1. The van der Waals surface area contributed by atoms with Gasteiger partial charge in [0.1, 0.15) is 5.60 Å². The van der Waals surface area contributed by atoms with Gasteiger partial charge in [-0.25, -0.2) is 9.59 Å². The fraction of sp³-hybridized carbons (Fsp3) is 0.571. The molecule has 1 aromatic carbocycles. The number of methoxy groups -OCH3 is 1. The summed E-state index contributed by atoms with van der Waals surface area (Å²) in [6.45, 7) is 5.71. The Morgan fingerprint density at radius 3 is 2.38 bits per heavy atom. The largest absolute Gasteiger partial charge is 0.479 e. The van der Waals surface area contributed by atoms with E-state index in [0.717, 1.165) is 4.90 Å². The van der Waals surface area contributed by atoms with Gasteiger partial charge in [0.15, 0.2) is 11.3 Å². The summed E-state index contributed by atoms with van der Waals surface area (Å²) in [7, 11) is 1.53. The highest BCUT2D eigenvalue weighted by atomic mass is 16.6. The van der Waals surface area contributed by atoms with Crippen LogP contribution in [0.4, 0.5) is 4.79 Å². The third-order valence-electron chi connectivity index (χ3n) is 4.67. The Morgan fingerprint density at radius 1 is 1.17 bits per heavy atom. The number of rotatable bonds is 8. The van der Waals surface area contributed by atoms with Crippen molar-refractivity contribution in [2.45, 2.75) is 50.9 Å². The van der Waals surface area contributed by atoms with E-state index in [1.807, 2.05) is 0 Å². The van der Waals surface area contributed by atoms with Gasteiger partial charge in [-0.05, 0) is 20.8 Å². The lowest BCUT2D eigenvalue weighted by Crippen LogP contribution is -2.55. The van der Waals surface area contributed by atoms with Crippen LogP contribution >= 0.6 is 0 Å². The predicted octanol–water partition coefficient (Wildman–Crippen LogP) is 2.76. The summed E-state index contributed by atoms with van der Waals surface area (Å²) in [4.78, 5) is 39.1. The normalized spacial score (nSPS) is 21.8. The van der Waals surface area contributed by atoms with Crippen molar-refractivity contribution >= 4 is 17.8 Å². The lowest BCUT2D eigenvalue weighted by Gasteiger charge is -2.35. The van der Waals surface area contributed by atoms with Gasteiger partial charge >= 0.3 is 12.1 Å². The smallest absolute Gasteiger partial charge is 0.411 e. The number of ether oxygens (including phenoxy) is 3. The molecule has 0 bridgehead atoms. The average molecular weight is 407 g/mol. The van der Waals surface area contributed by atoms with Crippen LogP contribution in [-0.2, 0) is 19.0 Å². The Labute approximate surface area is 170 Å². The van der Waals surface area contributed by atoms with E-state index in [1.165, 1.54) is 7.11 Å². The van der Waals surface area contributed by atoms with Crippen molar-refractivity contribution in [2.24, 2.45) is 0 Å². The second-order valence-electron chi connectivity index (χ2n) is 8.08. The van der Waals surface area contributed by atoms with Crippen LogP contribution < -0.4 is 0 Å². The molecule has 0 unspecified atom stereocenters. The Bertz CT molecular complexity index is 728. The number of likely N-dealkylation sites (tertiary alicyclic amines) is 1. The monoisotopic (exact) mass is 407 g/mol. The Kier molecular flexibility index (Phi) is 7.37. The van der Waals surface area contributed by atoms with Crippen LogP contribution in [0.25, 0.3) is 0 Å². The topological polar surface area (TPSA) is 102 Å². The molecule has 29 heavy (non-hydrogen) atoms. The molecule has 2 atom stereocenters. The number of hydrogen-bond acceptors (Lipinski definition) is 6. The molecule has 2 rings (SSSR count). The maximum Gasteiger partial charge on any atom is 0.411 e. The van der Waals surface area contributed by atoms with Crippen LogP contribution in [0, 0.1) is 0 Å². The molecule has 1 amide bonds. The Morgan fingerprint density at radius 2 is 1.83 bits per heavy atom. The molecule has 8 nitrogen and oxygen atoms in total. The van der Waals surface area contributed by atoms with Crippen molar-refractivity contribution < 1.29 is 33.7 Å². The molecule has 1 aliphatic rings. The van der Waals surface area contributed by atoms with Crippen molar-refractivity contribution in [1.82, 2.24) is 4.90 Å². The summed E-state index contributed by atoms with van der Waals surface area (Å²) >= 11 is 0. The van der Waals surface area contributed by atoms with Gasteiger partial charge in [-0.1, -0.05) is 30.3 Å². The number of carbonyl (C=O) groups is 3. The molecule has 0 aliphatic carbocycles. The molecule has 1 aromatic rings. The lowest BCUT2D eigenvalue weighted by atomic mass is 9.87. The van der Waals surface area contributed by atoms with E-state index in [4.69, 9.17) is 14.2 Å². The number of Topliss-reactive ketones (excluding diaryl/α,β-unsaturated/α-hetero) is 1.